The van der Waals surface area contributed by atoms with Crippen molar-refractivity contribution >= 4 is 11.8 Å². The van der Waals surface area contributed by atoms with Gasteiger partial charge in [-0.25, -0.2) is 0 Å². The van der Waals surface area contributed by atoms with Crippen LogP contribution in [0.15, 0.2) is 22.8 Å². The summed E-state index contributed by atoms with van der Waals surface area (Å²) in [5.74, 6) is 0. The monoisotopic (exact) mass is 171 g/mol. The Balaban J connectivity index is 2.91. The van der Waals surface area contributed by atoms with Crippen LogP contribution in [0.2, 0.25) is 0 Å². The normalized spacial score (nSPS) is 17.2. The highest BCUT2D eigenvalue weighted by molar-refractivity contribution is 8.02. The molecule has 1 rings (SSSR count). The average molecular weight is 171 g/mol. The molecule has 4 heteroatoms. The second-order valence-corrected chi connectivity index (χ2v) is 3.06. The van der Waals surface area contributed by atoms with Crippen LogP contribution in [0.5, 0.6) is 0 Å². The van der Waals surface area contributed by atoms with Gasteiger partial charge < -0.3 is 0 Å². The van der Waals surface area contributed by atoms with Gasteiger partial charge in [-0.1, -0.05) is 6.08 Å². The van der Waals surface area contributed by atoms with Crippen molar-refractivity contribution in [2.75, 3.05) is 6.26 Å². The zero-order chi connectivity index (χ0) is 8.27. The van der Waals surface area contributed by atoms with Crippen LogP contribution in [0.1, 0.15) is 12.8 Å². The molecule has 0 aromatic heterocycles. The largest absolute Gasteiger partial charge is 0.259 e. The van der Waals surface area contributed by atoms with Gasteiger partial charge in [0.05, 0.1) is 9.83 Å². The maximum atomic E-state index is 10.4. The standard InChI is InChI=1S/C7H9NO2S/c1-11-7-5-3-2-4-6(7)8(9)10/h3,5H,2,4H2,1H3. The summed E-state index contributed by atoms with van der Waals surface area (Å²) in [6, 6.07) is 0. The predicted molar refractivity (Wildman–Crippen MR) is 45.9 cm³/mol. The van der Waals surface area contributed by atoms with Gasteiger partial charge in [-0.05, 0) is 18.8 Å². The second-order valence-electron chi connectivity index (χ2n) is 2.21. The fraction of sp³-hybridized carbons (Fsp3) is 0.429. The quantitative estimate of drug-likeness (QED) is 0.472. The molecule has 0 aromatic carbocycles. The van der Waals surface area contributed by atoms with Crippen molar-refractivity contribution in [2.24, 2.45) is 0 Å². The van der Waals surface area contributed by atoms with Crippen LogP contribution in [-0.4, -0.2) is 11.2 Å². The third kappa shape index (κ3) is 1.83. The van der Waals surface area contributed by atoms with E-state index in [9.17, 15) is 10.1 Å². The smallest absolute Gasteiger partial charge is 0.259 e. The van der Waals surface area contributed by atoms with E-state index in [0.29, 0.717) is 12.1 Å². The summed E-state index contributed by atoms with van der Waals surface area (Å²) in [6.07, 6.45) is 7.01. The van der Waals surface area contributed by atoms with Crippen molar-refractivity contribution in [2.45, 2.75) is 12.8 Å². The number of rotatable bonds is 2. The molecule has 0 bridgehead atoms. The molecule has 3 nitrogen and oxygen atoms in total. The molecule has 0 fully saturated rings. The highest BCUT2D eigenvalue weighted by Gasteiger charge is 2.17. The lowest BCUT2D eigenvalue weighted by Gasteiger charge is -2.05. The third-order valence-electron chi connectivity index (χ3n) is 1.54. The lowest BCUT2D eigenvalue weighted by molar-refractivity contribution is -0.428. The van der Waals surface area contributed by atoms with Crippen LogP contribution in [0.25, 0.3) is 0 Å². The molecular weight excluding hydrogens is 162 g/mol. The van der Waals surface area contributed by atoms with Crippen molar-refractivity contribution < 1.29 is 4.92 Å². The van der Waals surface area contributed by atoms with E-state index in [0.717, 1.165) is 11.3 Å². The number of nitro groups is 1. The molecular formula is C7H9NO2S. The van der Waals surface area contributed by atoms with E-state index in [1.54, 1.807) is 0 Å². The summed E-state index contributed by atoms with van der Waals surface area (Å²) in [6.45, 7) is 0. The minimum Gasteiger partial charge on any atom is -0.259 e. The van der Waals surface area contributed by atoms with Gasteiger partial charge in [0, 0.05) is 6.42 Å². The Labute approximate surface area is 69.3 Å². The Kier molecular flexibility index (Phi) is 2.70. The van der Waals surface area contributed by atoms with E-state index in [-0.39, 0.29) is 4.92 Å². The average Bonchev–Trinajstić information content (AvgIpc) is 2.04. The topological polar surface area (TPSA) is 43.1 Å². The molecule has 1 aliphatic carbocycles. The van der Waals surface area contributed by atoms with E-state index >= 15 is 0 Å². The Bertz CT molecular complexity index is 233. The minimum atomic E-state index is -0.282. The molecule has 0 spiro atoms. The molecule has 0 N–H and O–H groups in total. The first kappa shape index (κ1) is 8.33. The number of hydrogen-bond acceptors (Lipinski definition) is 3. The fourth-order valence-corrected chi connectivity index (χ4v) is 1.64. The van der Waals surface area contributed by atoms with Crippen molar-refractivity contribution in [3.8, 4) is 0 Å². The van der Waals surface area contributed by atoms with Crippen LogP contribution in [0, 0.1) is 10.1 Å². The summed E-state index contributed by atoms with van der Waals surface area (Å²) in [5, 5.41) is 10.4. The van der Waals surface area contributed by atoms with Crippen LogP contribution < -0.4 is 0 Å². The molecule has 11 heavy (non-hydrogen) atoms. The molecule has 1 aliphatic rings. The zero-order valence-corrected chi connectivity index (χ0v) is 7.06. The van der Waals surface area contributed by atoms with Crippen molar-refractivity contribution in [3.05, 3.63) is 32.9 Å². The Morgan fingerprint density at radius 1 is 1.73 bits per heavy atom. The number of allylic oxidation sites excluding steroid dienone is 3. The van der Waals surface area contributed by atoms with Gasteiger partial charge >= 0.3 is 0 Å². The molecule has 0 atom stereocenters. The first-order valence-electron chi connectivity index (χ1n) is 3.33. The van der Waals surface area contributed by atoms with E-state index < -0.39 is 0 Å². The van der Waals surface area contributed by atoms with E-state index in [4.69, 9.17) is 0 Å². The summed E-state index contributed by atoms with van der Waals surface area (Å²) in [5.41, 5.74) is 0.361. The summed E-state index contributed by atoms with van der Waals surface area (Å²) >= 11 is 1.43. The van der Waals surface area contributed by atoms with Crippen molar-refractivity contribution in [1.82, 2.24) is 0 Å². The zero-order valence-electron chi connectivity index (χ0n) is 6.24. The van der Waals surface area contributed by atoms with Crippen LogP contribution in [-0.2, 0) is 0 Å². The maximum absolute atomic E-state index is 10.4. The lowest BCUT2D eigenvalue weighted by atomic mass is 10.1. The minimum absolute atomic E-state index is 0.282. The number of hydrogen-bond donors (Lipinski definition) is 0. The number of thioether (sulfide) groups is 1. The molecule has 60 valence electrons. The van der Waals surface area contributed by atoms with Gasteiger partial charge in [0.2, 0.25) is 0 Å². The molecule has 0 saturated heterocycles. The summed E-state index contributed by atoms with van der Waals surface area (Å²) < 4.78 is 0. The molecule has 0 heterocycles. The number of nitrogens with zero attached hydrogens (tertiary/aromatic N) is 1. The SMILES string of the molecule is CSC1=C([N+](=O)[O-])CCC=C1. The maximum Gasteiger partial charge on any atom is 0.259 e. The molecule has 0 aliphatic heterocycles. The third-order valence-corrected chi connectivity index (χ3v) is 2.35. The van der Waals surface area contributed by atoms with Crippen LogP contribution >= 0.6 is 11.8 Å². The van der Waals surface area contributed by atoms with Gasteiger partial charge in [0.1, 0.15) is 0 Å². The van der Waals surface area contributed by atoms with E-state index in [1.165, 1.54) is 11.8 Å². The van der Waals surface area contributed by atoms with Crippen molar-refractivity contribution in [1.29, 1.82) is 0 Å². The van der Waals surface area contributed by atoms with E-state index in [1.807, 2.05) is 18.4 Å². The fourth-order valence-electron chi connectivity index (χ4n) is 0.997. The first-order chi connectivity index (χ1) is 5.25. The molecule has 0 aromatic rings. The molecule has 0 unspecified atom stereocenters. The van der Waals surface area contributed by atoms with Crippen LogP contribution in [0.3, 0.4) is 0 Å². The van der Waals surface area contributed by atoms with Gasteiger partial charge in [-0.15, -0.1) is 11.8 Å². The second kappa shape index (κ2) is 3.57. The van der Waals surface area contributed by atoms with E-state index in [2.05, 4.69) is 0 Å². The summed E-state index contributed by atoms with van der Waals surface area (Å²) in [7, 11) is 0. The Morgan fingerprint density at radius 3 is 2.91 bits per heavy atom. The molecule has 0 amide bonds. The lowest BCUT2D eigenvalue weighted by Crippen LogP contribution is -2.03. The molecule has 0 radical (unpaired) electrons. The van der Waals surface area contributed by atoms with Gasteiger partial charge in [0.15, 0.2) is 0 Å². The van der Waals surface area contributed by atoms with Gasteiger partial charge in [-0.2, -0.15) is 0 Å². The van der Waals surface area contributed by atoms with Gasteiger partial charge in [0.25, 0.3) is 5.70 Å². The molecule has 0 saturated carbocycles. The Hall–Kier alpha value is -0.770. The van der Waals surface area contributed by atoms with Crippen LogP contribution in [0.4, 0.5) is 0 Å². The highest BCUT2D eigenvalue weighted by atomic mass is 32.2. The predicted octanol–water partition coefficient (Wildman–Crippen LogP) is 2.19. The summed E-state index contributed by atoms with van der Waals surface area (Å²) in [4.78, 5) is 10.9. The highest BCUT2D eigenvalue weighted by Crippen LogP contribution is 2.26. The first-order valence-corrected chi connectivity index (χ1v) is 4.56. The van der Waals surface area contributed by atoms with Crippen molar-refractivity contribution in [3.63, 3.8) is 0 Å². The Morgan fingerprint density at radius 2 is 2.45 bits per heavy atom. The van der Waals surface area contributed by atoms with Gasteiger partial charge in [-0.3, -0.25) is 10.1 Å².